The molecule has 18 heavy (non-hydrogen) atoms. The van der Waals surface area contributed by atoms with Crippen molar-refractivity contribution < 1.29 is 9.84 Å². The monoisotopic (exact) mass is 253 g/mol. The van der Waals surface area contributed by atoms with Gasteiger partial charge in [0, 0.05) is 24.1 Å². The van der Waals surface area contributed by atoms with Crippen LogP contribution >= 0.6 is 0 Å². The summed E-state index contributed by atoms with van der Waals surface area (Å²) in [7, 11) is 0. The number of aliphatic hydroxyl groups is 1. The summed E-state index contributed by atoms with van der Waals surface area (Å²) in [4.78, 5) is 0. The highest BCUT2D eigenvalue weighted by atomic mass is 16.5. The van der Waals surface area contributed by atoms with Gasteiger partial charge in [-0.05, 0) is 51.9 Å². The highest BCUT2D eigenvalue weighted by Crippen LogP contribution is 2.57. The Bertz CT molecular complexity index is 282. The number of ether oxygens (including phenoxy) is 1. The Kier molecular flexibility index (Phi) is 3.65. The third-order valence-corrected chi connectivity index (χ3v) is 5.57. The van der Waals surface area contributed by atoms with Gasteiger partial charge in [0.25, 0.3) is 0 Å². The van der Waals surface area contributed by atoms with Crippen LogP contribution in [0.25, 0.3) is 0 Å². The van der Waals surface area contributed by atoms with Crippen LogP contribution in [0.15, 0.2) is 0 Å². The number of hydrogen-bond acceptors (Lipinski definition) is 3. The quantitative estimate of drug-likeness (QED) is 0.807. The molecule has 3 saturated carbocycles. The van der Waals surface area contributed by atoms with Crippen LogP contribution in [-0.2, 0) is 4.74 Å². The summed E-state index contributed by atoms with van der Waals surface area (Å²) in [5.41, 5.74) is 0.478. The van der Waals surface area contributed by atoms with E-state index in [1.807, 2.05) is 0 Å². The maximum Gasteiger partial charge on any atom is 0.0661 e. The number of nitrogens with one attached hydrogen (secondary N) is 1. The first kappa shape index (κ1) is 12.9. The van der Waals surface area contributed by atoms with Gasteiger partial charge in [-0.2, -0.15) is 0 Å². The number of rotatable bonds is 4. The van der Waals surface area contributed by atoms with Gasteiger partial charge in [0.05, 0.1) is 12.2 Å². The van der Waals surface area contributed by atoms with Gasteiger partial charge in [-0.25, -0.2) is 0 Å². The minimum absolute atomic E-state index is 0.0433. The van der Waals surface area contributed by atoms with E-state index in [2.05, 4.69) is 12.2 Å². The minimum Gasteiger partial charge on any atom is -0.393 e. The molecule has 2 atom stereocenters. The van der Waals surface area contributed by atoms with Gasteiger partial charge in [-0.1, -0.05) is 6.42 Å². The molecule has 0 aliphatic heterocycles. The molecule has 0 amide bonds. The Balaban J connectivity index is 1.52. The molecule has 0 heterocycles. The lowest BCUT2D eigenvalue weighted by Gasteiger charge is -2.62. The summed E-state index contributed by atoms with van der Waals surface area (Å²) >= 11 is 0. The zero-order valence-corrected chi connectivity index (χ0v) is 11.5. The van der Waals surface area contributed by atoms with Crippen molar-refractivity contribution in [2.45, 2.75) is 82.6 Å². The summed E-state index contributed by atoms with van der Waals surface area (Å²) in [6.45, 7) is 2.96. The molecule has 0 aromatic heterocycles. The topological polar surface area (TPSA) is 41.5 Å². The fourth-order valence-corrected chi connectivity index (χ4v) is 4.20. The predicted octanol–water partition coefficient (Wildman–Crippen LogP) is 2.23. The van der Waals surface area contributed by atoms with Crippen molar-refractivity contribution in [3.8, 4) is 0 Å². The normalized spacial score (nSPS) is 42.3. The zero-order chi connectivity index (χ0) is 12.6. The van der Waals surface area contributed by atoms with Crippen molar-refractivity contribution in [1.82, 2.24) is 5.32 Å². The smallest absolute Gasteiger partial charge is 0.0661 e. The third-order valence-electron chi connectivity index (χ3n) is 5.57. The van der Waals surface area contributed by atoms with Gasteiger partial charge < -0.3 is 15.2 Å². The maximum atomic E-state index is 9.56. The zero-order valence-electron chi connectivity index (χ0n) is 11.5. The summed E-state index contributed by atoms with van der Waals surface area (Å²) in [5, 5.41) is 13.4. The molecule has 3 rings (SSSR count). The summed E-state index contributed by atoms with van der Waals surface area (Å²) in [5.74, 6) is 0. The Morgan fingerprint density at radius 3 is 2.50 bits per heavy atom. The molecule has 1 spiro atoms. The highest BCUT2D eigenvalue weighted by molar-refractivity contribution is 5.12. The first-order valence-corrected chi connectivity index (χ1v) is 7.80. The second kappa shape index (κ2) is 5.10. The molecule has 3 fully saturated rings. The van der Waals surface area contributed by atoms with Crippen LogP contribution in [0.5, 0.6) is 0 Å². The van der Waals surface area contributed by atoms with Crippen LogP contribution in [0.3, 0.4) is 0 Å². The molecule has 0 bridgehead atoms. The molecular weight excluding hydrogens is 226 g/mol. The molecule has 0 radical (unpaired) electrons. The summed E-state index contributed by atoms with van der Waals surface area (Å²) < 4.78 is 5.89. The summed E-state index contributed by atoms with van der Waals surface area (Å²) in [6, 6.07) is 1.32. The molecular formula is C15H27NO2. The largest absolute Gasteiger partial charge is 0.393 e. The van der Waals surface area contributed by atoms with E-state index in [0.717, 1.165) is 32.3 Å². The lowest BCUT2D eigenvalue weighted by molar-refractivity contribution is -0.175. The van der Waals surface area contributed by atoms with Crippen LogP contribution in [0, 0.1) is 5.41 Å². The van der Waals surface area contributed by atoms with Crippen LogP contribution in [0.4, 0.5) is 0 Å². The van der Waals surface area contributed by atoms with E-state index in [9.17, 15) is 5.11 Å². The Hall–Kier alpha value is -0.120. The molecule has 2 N–H and O–H groups in total. The highest BCUT2D eigenvalue weighted by Gasteiger charge is 2.58. The van der Waals surface area contributed by atoms with E-state index >= 15 is 0 Å². The van der Waals surface area contributed by atoms with E-state index in [0.29, 0.717) is 23.6 Å². The van der Waals surface area contributed by atoms with Crippen molar-refractivity contribution in [1.29, 1.82) is 0 Å². The molecule has 0 aromatic carbocycles. The average molecular weight is 253 g/mol. The standard InChI is InChI=1S/C15H27NO2/c1-2-18-14-10-13(15(14)8-3-9-15)16-11-4-6-12(17)7-5-11/h11-14,16-17H,2-10H2,1H3. The average Bonchev–Trinajstić information content (AvgIpc) is 2.28. The molecule has 104 valence electrons. The van der Waals surface area contributed by atoms with Crippen molar-refractivity contribution in [2.75, 3.05) is 6.61 Å². The summed E-state index contributed by atoms with van der Waals surface area (Å²) in [6.07, 6.45) is 10.0. The fraction of sp³-hybridized carbons (Fsp3) is 1.00. The molecule has 0 aromatic rings. The molecule has 3 aliphatic rings. The number of aliphatic hydroxyl groups excluding tert-OH is 1. The van der Waals surface area contributed by atoms with Gasteiger partial charge in [-0.15, -0.1) is 0 Å². The van der Waals surface area contributed by atoms with Crippen molar-refractivity contribution in [3.63, 3.8) is 0 Å². The molecule has 3 aliphatic carbocycles. The van der Waals surface area contributed by atoms with Crippen molar-refractivity contribution in [3.05, 3.63) is 0 Å². The van der Waals surface area contributed by atoms with Crippen molar-refractivity contribution in [2.24, 2.45) is 5.41 Å². The molecule has 2 unspecified atom stereocenters. The van der Waals surface area contributed by atoms with E-state index in [1.54, 1.807) is 0 Å². The second-order valence-electron chi connectivity index (χ2n) is 6.49. The van der Waals surface area contributed by atoms with Gasteiger partial charge in [0.15, 0.2) is 0 Å². The van der Waals surface area contributed by atoms with Crippen LogP contribution < -0.4 is 5.32 Å². The van der Waals surface area contributed by atoms with Gasteiger partial charge in [0.1, 0.15) is 0 Å². The van der Waals surface area contributed by atoms with Gasteiger partial charge >= 0.3 is 0 Å². The van der Waals surface area contributed by atoms with Crippen molar-refractivity contribution >= 4 is 0 Å². The Morgan fingerprint density at radius 2 is 1.94 bits per heavy atom. The molecule has 3 heteroatoms. The lowest BCUT2D eigenvalue weighted by Crippen LogP contribution is -2.68. The first-order chi connectivity index (χ1) is 8.74. The Morgan fingerprint density at radius 1 is 1.22 bits per heavy atom. The van der Waals surface area contributed by atoms with E-state index in [-0.39, 0.29) is 6.10 Å². The first-order valence-electron chi connectivity index (χ1n) is 7.80. The van der Waals surface area contributed by atoms with Gasteiger partial charge in [0.2, 0.25) is 0 Å². The fourth-order valence-electron chi connectivity index (χ4n) is 4.20. The third kappa shape index (κ3) is 2.10. The second-order valence-corrected chi connectivity index (χ2v) is 6.49. The van der Waals surface area contributed by atoms with Crippen LogP contribution in [0.2, 0.25) is 0 Å². The lowest BCUT2D eigenvalue weighted by atomic mass is 9.51. The van der Waals surface area contributed by atoms with Crippen LogP contribution in [0.1, 0.15) is 58.3 Å². The van der Waals surface area contributed by atoms with Gasteiger partial charge in [-0.3, -0.25) is 0 Å². The predicted molar refractivity (Wildman–Crippen MR) is 71.5 cm³/mol. The maximum absolute atomic E-state index is 9.56. The van der Waals surface area contributed by atoms with Crippen LogP contribution in [-0.4, -0.2) is 36.0 Å². The Labute approximate surface area is 110 Å². The van der Waals surface area contributed by atoms with E-state index in [4.69, 9.17) is 4.74 Å². The molecule has 3 nitrogen and oxygen atoms in total. The van der Waals surface area contributed by atoms with E-state index in [1.165, 1.54) is 25.7 Å². The molecule has 0 saturated heterocycles. The minimum atomic E-state index is -0.0433. The number of hydrogen-bond donors (Lipinski definition) is 2. The van der Waals surface area contributed by atoms with E-state index < -0.39 is 0 Å². The SMILES string of the molecule is CCOC1CC(NC2CCC(O)CC2)C12CCC2.